The van der Waals surface area contributed by atoms with Gasteiger partial charge in [0.05, 0.1) is 12.7 Å². The average Bonchev–Trinajstić information content (AvgIpc) is 3.00. The minimum absolute atomic E-state index is 0.115. The Kier molecular flexibility index (Phi) is 6.91. The first-order valence-corrected chi connectivity index (χ1v) is 9.03. The molecule has 1 heterocycles. The fourth-order valence-electron chi connectivity index (χ4n) is 2.96. The summed E-state index contributed by atoms with van der Waals surface area (Å²) in [4.78, 5) is 0. The Bertz CT molecular complexity index is 473. The van der Waals surface area contributed by atoms with Crippen LogP contribution in [0.25, 0.3) is 0 Å². The van der Waals surface area contributed by atoms with E-state index in [0.717, 1.165) is 44.9 Å². The maximum atomic E-state index is 6.05. The molecule has 0 radical (unpaired) electrons. The number of hydrogen-bond acceptors (Lipinski definition) is 3. The third kappa shape index (κ3) is 6.15. The monoisotopic (exact) mass is 319 g/mol. The van der Waals surface area contributed by atoms with E-state index in [2.05, 4.69) is 51.2 Å². The van der Waals surface area contributed by atoms with Gasteiger partial charge in [0.15, 0.2) is 0 Å². The Balaban J connectivity index is 1.66. The van der Waals surface area contributed by atoms with Crippen molar-refractivity contribution >= 4 is 0 Å². The van der Waals surface area contributed by atoms with Gasteiger partial charge in [0.1, 0.15) is 5.75 Å². The predicted molar refractivity (Wildman–Crippen MR) is 96.5 cm³/mol. The van der Waals surface area contributed by atoms with E-state index < -0.39 is 0 Å². The summed E-state index contributed by atoms with van der Waals surface area (Å²) < 4.78 is 11.7. The molecular formula is C20H33NO2. The van der Waals surface area contributed by atoms with Gasteiger partial charge < -0.3 is 14.8 Å². The molecule has 0 amide bonds. The maximum absolute atomic E-state index is 6.05. The van der Waals surface area contributed by atoms with E-state index in [9.17, 15) is 0 Å². The number of aryl methyl sites for hydroxylation is 1. The zero-order valence-electron chi connectivity index (χ0n) is 15.3. The lowest BCUT2D eigenvalue weighted by Crippen LogP contribution is -2.27. The second-order valence-electron chi connectivity index (χ2n) is 7.64. The van der Waals surface area contributed by atoms with Crippen LogP contribution in [0.4, 0.5) is 0 Å². The first-order valence-electron chi connectivity index (χ1n) is 9.03. The molecule has 3 nitrogen and oxygen atoms in total. The average molecular weight is 319 g/mol. The molecule has 23 heavy (non-hydrogen) atoms. The molecule has 2 rings (SSSR count). The normalized spacial score (nSPS) is 18.3. The van der Waals surface area contributed by atoms with Crippen LogP contribution in [-0.2, 0) is 10.2 Å². The van der Waals surface area contributed by atoms with Gasteiger partial charge in [0.25, 0.3) is 0 Å². The zero-order valence-corrected chi connectivity index (χ0v) is 15.3. The van der Waals surface area contributed by atoms with Crippen molar-refractivity contribution in [2.45, 2.75) is 64.9 Å². The number of rotatable bonds is 8. The molecule has 1 aromatic rings. The first kappa shape index (κ1) is 18.3. The Labute approximate surface area is 141 Å². The maximum Gasteiger partial charge on any atom is 0.123 e. The third-order valence-electron chi connectivity index (χ3n) is 4.34. The molecule has 1 aliphatic heterocycles. The predicted octanol–water partition coefficient (Wildman–Crippen LogP) is 4.22. The molecule has 1 fully saturated rings. The standard InChI is InChI=1S/C20H33NO2/c1-16-9-10-19(18(14-16)20(2,3)4)23-12-6-5-11-21-15-17-8-7-13-22-17/h9-10,14,17,21H,5-8,11-13,15H2,1-4H3. The van der Waals surface area contributed by atoms with Gasteiger partial charge in [-0.3, -0.25) is 0 Å². The van der Waals surface area contributed by atoms with Gasteiger partial charge in [-0.25, -0.2) is 0 Å². The van der Waals surface area contributed by atoms with Crippen LogP contribution in [0.5, 0.6) is 5.75 Å². The van der Waals surface area contributed by atoms with Crippen LogP contribution in [0, 0.1) is 6.92 Å². The summed E-state index contributed by atoms with van der Waals surface area (Å²) >= 11 is 0. The Morgan fingerprint density at radius 3 is 2.78 bits per heavy atom. The van der Waals surface area contributed by atoms with E-state index in [1.807, 2.05) is 0 Å². The number of ether oxygens (including phenoxy) is 2. The molecule has 1 unspecified atom stereocenters. The quantitative estimate of drug-likeness (QED) is 0.728. The Morgan fingerprint density at radius 2 is 2.09 bits per heavy atom. The van der Waals surface area contributed by atoms with Gasteiger partial charge >= 0.3 is 0 Å². The molecule has 3 heteroatoms. The molecule has 0 bridgehead atoms. The summed E-state index contributed by atoms with van der Waals surface area (Å²) in [5, 5.41) is 3.49. The van der Waals surface area contributed by atoms with Crippen molar-refractivity contribution in [3.8, 4) is 5.75 Å². The van der Waals surface area contributed by atoms with Crippen LogP contribution in [-0.4, -0.2) is 32.4 Å². The highest BCUT2D eigenvalue weighted by Crippen LogP contribution is 2.32. The van der Waals surface area contributed by atoms with Crippen LogP contribution in [0.15, 0.2) is 18.2 Å². The summed E-state index contributed by atoms with van der Waals surface area (Å²) in [6, 6.07) is 6.50. The minimum atomic E-state index is 0.115. The van der Waals surface area contributed by atoms with Crippen LogP contribution in [0.2, 0.25) is 0 Å². The molecule has 130 valence electrons. The summed E-state index contributed by atoms with van der Waals surface area (Å²) in [5.41, 5.74) is 2.71. The van der Waals surface area contributed by atoms with E-state index in [1.54, 1.807) is 0 Å². The Hall–Kier alpha value is -1.06. The summed E-state index contributed by atoms with van der Waals surface area (Å²) in [6.07, 6.45) is 5.08. The van der Waals surface area contributed by atoms with Crippen LogP contribution >= 0.6 is 0 Å². The van der Waals surface area contributed by atoms with Crippen molar-refractivity contribution in [2.24, 2.45) is 0 Å². The van der Waals surface area contributed by atoms with Crippen LogP contribution < -0.4 is 10.1 Å². The SMILES string of the molecule is Cc1ccc(OCCCCNCC2CCCO2)c(C(C)(C)C)c1. The first-order chi connectivity index (χ1) is 11.0. The zero-order chi connectivity index (χ0) is 16.7. The van der Waals surface area contributed by atoms with Crippen molar-refractivity contribution in [2.75, 3.05) is 26.3 Å². The van der Waals surface area contributed by atoms with Gasteiger partial charge in [-0.2, -0.15) is 0 Å². The van der Waals surface area contributed by atoms with E-state index >= 15 is 0 Å². The fraction of sp³-hybridized carbons (Fsp3) is 0.700. The van der Waals surface area contributed by atoms with Gasteiger partial charge in [0.2, 0.25) is 0 Å². The lowest BCUT2D eigenvalue weighted by molar-refractivity contribution is 0.110. The lowest BCUT2D eigenvalue weighted by atomic mass is 9.85. The van der Waals surface area contributed by atoms with Gasteiger partial charge in [0, 0.05) is 13.2 Å². The molecular weight excluding hydrogens is 286 g/mol. The van der Waals surface area contributed by atoms with Crippen molar-refractivity contribution in [1.29, 1.82) is 0 Å². The molecule has 1 aromatic carbocycles. The van der Waals surface area contributed by atoms with Crippen molar-refractivity contribution in [3.63, 3.8) is 0 Å². The highest BCUT2D eigenvalue weighted by Gasteiger charge is 2.19. The molecule has 0 aromatic heterocycles. The number of benzene rings is 1. The van der Waals surface area contributed by atoms with E-state index in [0.29, 0.717) is 6.10 Å². The lowest BCUT2D eigenvalue weighted by Gasteiger charge is -2.23. The van der Waals surface area contributed by atoms with E-state index in [4.69, 9.17) is 9.47 Å². The highest BCUT2D eigenvalue weighted by molar-refractivity contribution is 5.41. The molecule has 0 spiro atoms. The highest BCUT2D eigenvalue weighted by atomic mass is 16.5. The van der Waals surface area contributed by atoms with Crippen molar-refractivity contribution < 1.29 is 9.47 Å². The molecule has 0 aliphatic carbocycles. The molecule has 1 atom stereocenters. The van der Waals surface area contributed by atoms with E-state index in [1.165, 1.54) is 24.0 Å². The van der Waals surface area contributed by atoms with Gasteiger partial charge in [-0.15, -0.1) is 0 Å². The summed E-state index contributed by atoms with van der Waals surface area (Å²) in [7, 11) is 0. The number of nitrogens with one attached hydrogen (secondary N) is 1. The number of unbranched alkanes of at least 4 members (excludes halogenated alkanes) is 1. The molecule has 1 saturated heterocycles. The fourth-order valence-corrected chi connectivity index (χ4v) is 2.96. The smallest absolute Gasteiger partial charge is 0.123 e. The van der Waals surface area contributed by atoms with E-state index in [-0.39, 0.29) is 5.41 Å². The molecule has 0 saturated carbocycles. The topological polar surface area (TPSA) is 30.5 Å². The summed E-state index contributed by atoms with van der Waals surface area (Å²) in [5.74, 6) is 1.04. The molecule has 1 aliphatic rings. The minimum Gasteiger partial charge on any atom is -0.493 e. The second kappa shape index (κ2) is 8.70. The van der Waals surface area contributed by atoms with Gasteiger partial charge in [-0.1, -0.05) is 38.5 Å². The Morgan fingerprint density at radius 1 is 1.26 bits per heavy atom. The van der Waals surface area contributed by atoms with Crippen LogP contribution in [0.3, 0.4) is 0 Å². The number of hydrogen-bond donors (Lipinski definition) is 1. The van der Waals surface area contributed by atoms with Crippen LogP contribution in [0.1, 0.15) is 57.6 Å². The van der Waals surface area contributed by atoms with Crippen molar-refractivity contribution in [1.82, 2.24) is 5.32 Å². The van der Waals surface area contributed by atoms with Gasteiger partial charge in [-0.05, 0) is 56.2 Å². The third-order valence-corrected chi connectivity index (χ3v) is 4.34. The second-order valence-corrected chi connectivity index (χ2v) is 7.64. The molecule has 1 N–H and O–H groups in total. The van der Waals surface area contributed by atoms with Crippen molar-refractivity contribution in [3.05, 3.63) is 29.3 Å². The summed E-state index contributed by atoms with van der Waals surface area (Å²) in [6.45, 7) is 12.6. The largest absolute Gasteiger partial charge is 0.493 e.